The van der Waals surface area contributed by atoms with Crippen LogP contribution in [-0.2, 0) is 26.5 Å². The minimum atomic E-state index is -3.49. The summed E-state index contributed by atoms with van der Waals surface area (Å²) in [5, 5.41) is 2.76. The minimum absolute atomic E-state index is 0.209. The minimum Gasteiger partial charge on any atom is -0.322 e. The highest BCUT2D eigenvalue weighted by molar-refractivity contribution is 7.92. The van der Waals surface area contributed by atoms with Crippen LogP contribution in [0.15, 0.2) is 47.4 Å². The van der Waals surface area contributed by atoms with Gasteiger partial charge in [0.15, 0.2) is 0 Å². The number of hydrogen-bond acceptors (Lipinski definition) is 5. The fraction of sp³-hybridized carbons (Fsp3) is 0.350. The van der Waals surface area contributed by atoms with Crippen LogP contribution >= 0.6 is 0 Å². The van der Waals surface area contributed by atoms with Crippen molar-refractivity contribution in [2.24, 2.45) is 0 Å². The Labute approximate surface area is 176 Å². The van der Waals surface area contributed by atoms with Gasteiger partial charge in [0, 0.05) is 30.9 Å². The van der Waals surface area contributed by atoms with Crippen molar-refractivity contribution < 1.29 is 21.6 Å². The number of benzene rings is 2. The predicted octanol–water partition coefficient (Wildman–Crippen LogP) is 2.05. The second-order valence-corrected chi connectivity index (χ2v) is 11.4. The van der Waals surface area contributed by atoms with Gasteiger partial charge >= 0.3 is 0 Å². The summed E-state index contributed by atoms with van der Waals surface area (Å²) in [6, 6.07) is 11.1. The summed E-state index contributed by atoms with van der Waals surface area (Å²) in [4.78, 5) is 12.8. The zero-order valence-corrected chi connectivity index (χ0v) is 18.2. The summed E-state index contributed by atoms with van der Waals surface area (Å²) in [6.07, 6.45) is 3.45. The molecule has 0 aliphatic carbocycles. The van der Waals surface area contributed by atoms with Gasteiger partial charge < -0.3 is 5.32 Å². The normalized spacial score (nSPS) is 17.2. The predicted molar refractivity (Wildman–Crippen MR) is 115 cm³/mol. The number of nitrogens with one attached hydrogen (secondary N) is 1. The van der Waals surface area contributed by atoms with Crippen molar-refractivity contribution >= 4 is 37.3 Å². The molecular formula is C20H23N3O5S2. The lowest BCUT2D eigenvalue weighted by Crippen LogP contribution is -2.27. The van der Waals surface area contributed by atoms with Crippen molar-refractivity contribution in [2.45, 2.75) is 24.2 Å². The summed E-state index contributed by atoms with van der Waals surface area (Å²) >= 11 is 0. The molecule has 1 amide bonds. The highest BCUT2D eigenvalue weighted by Gasteiger charge is 2.28. The largest absolute Gasteiger partial charge is 0.322 e. The molecule has 1 saturated heterocycles. The highest BCUT2D eigenvalue weighted by Crippen LogP contribution is 2.31. The molecule has 2 aliphatic rings. The Kier molecular flexibility index (Phi) is 5.33. The standard InChI is InChI=1S/C20H23N3O5S2/c1-29(25,26)23-13-10-15-14-16(4-9-19(15)23)20(24)21-17-5-7-18(8-6-17)30(27,28)22-11-2-3-12-22/h4-9,14H,2-3,10-13H2,1H3,(H,21,24). The second-order valence-electron chi connectivity index (χ2n) is 7.52. The number of anilines is 2. The first-order valence-corrected chi connectivity index (χ1v) is 13.0. The molecule has 0 bridgehead atoms. The summed E-state index contributed by atoms with van der Waals surface area (Å²) in [6.45, 7) is 1.44. The van der Waals surface area contributed by atoms with Crippen LogP contribution in [0.25, 0.3) is 0 Å². The van der Waals surface area contributed by atoms with Crippen LogP contribution < -0.4 is 9.62 Å². The Bertz CT molecular complexity index is 1190. The average molecular weight is 450 g/mol. The van der Waals surface area contributed by atoms with Crippen LogP contribution in [0.2, 0.25) is 0 Å². The van der Waals surface area contributed by atoms with Gasteiger partial charge in [0.2, 0.25) is 20.0 Å². The molecule has 2 aliphatic heterocycles. The molecule has 0 atom stereocenters. The monoisotopic (exact) mass is 449 g/mol. The number of hydrogen-bond donors (Lipinski definition) is 1. The molecule has 8 nitrogen and oxygen atoms in total. The zero-order valence-electron chi connectivity index (χ0n) is 16.5. The van der Waals surface area contributed by atoms with Crippen molar-refractivity contribution in [1.29, 1.82) is 0 Å². The molecule has 0 spiro atoms. The number of nitrogens with zero attached hydrogens (tertiary/aromatic N) is 2. The van der Waals surface area contributed by atoms with Crippen LogP contribution in [-0.4, -0.2) is 52.9 Å². The third kappa shape index (κ3) is 3.94. The Balaban J connectivity index is 1.48. The van der Waals surface area contributed by atoms with Crippen molar-refractivity contribution in [3.63, 3.8) is 0 Å². The van der Waals surface area contributed by atoms with Gasteiger partial charge in [-0.15, -0.1) is 0 Å². The van der Waals surface area contributed by atoms with E-state index in [4.69, 9.17) is 0 Å². The van der Waals surface area contributed by atoms with Crippen LogP contribution in [0.5, 0.6) is 0 Å². The van der Waals surface area contributed by atoms with Gasteiger partial charge in [-0.05, 0) is 67.3 Å². The zero-order chi connectivity index (χ0) is 21.5. The lowest BCUT2D eigenvalue weighted by molar-refractivity contribution is 0.102. The summed E-state index contributed by atoms with van der Waals surface area (Å²) in [5.41, 5.74) is 2.31. The smallest absolute Gasteiger partial charge is 0.255 e. The topological polar surface area (TPSA) is 104 Å². The quantitative estimate of drug-likeness (QED) is 0.752. The number of carbonyl (C=O) groups excluding carboxylic acids is 1. The summed E-state index contributed by atoms with van der Waals surface area (Å²) in [7, 11) is -6.83. The second kappa shape index (κ2) is 7.68. The van der Waals surface area contributed by atoms with Crippen LogP contribution in [0.4, 0.5) is 11.4 Å². The molecule has 2 aromatic carbocycles. The van der Waals surface area contributed by atoms with E-state index in [0.717, 1.165) is 24.7 Å². The lowest BCUT2D eigenvalue weighted by Gasteiger charge is -2.16. The summed E-state index contributed by atoms with van der Waals surface area (Å²) < 4.78 is 51.7. The molecule has 160 valence electrons. The number of sulfonamides is 2. The van der Waals surface area contributed by atoms with E-state index in [0.29, 0.717) is 43.0 Å². The van der Waals surface area contributed by atoms with E-state index >= 15 is 0 Å². The van der Waals surface area contributed by atoms with Gasteiger partial charge in [0.05, 0.1) is 16.8 Å². The van der Waals surface area contributed by atoms with E-state index in [-0.39, 0.29) is 10.8 Å². The maximum absolute atomic E-state index is 12.6. The van der Waals surface area contributed by atoms with Crippen LogP contribution in [0.3, 0.4) is 0 Å². The van der Waals surface area contributed by atoms with Gasteiger partial charge in [-0.2, -0.15) is 4.31 Å². The van der Waals surface area contributed by atoms with E-state index in [1.54, 1.807) is 30.3 Å². The van der Waals surface area contributed by atoms with Gasteiger partial charge in [-0.3, -0.25) is 9.10 Å². The third-order valence-corrected chi connectivity index (χ3v) is 8.50. The molecule has 2 aromatic rings. The van der Waals surface area contributed by atoms with Crippen molar-refractivity contribution in [2.75, 3.05) is 35.5 Å². The van der Waals surface area contributed by atoms with E-state index < -0.39 is 20.0 Å². The van der Waals surface area contributed by atoms with Crippen molar-refractivity contribution in [3.8, 4) is 0 Å². The Hall–Kier alpha value is -2.43. The van der Waals surface area contributed by atoms with E-state index in [1.807, 2.05) is 0 Å². The van der Waals surface area contributed by atoms with Gasteiger partial charge in [-0.25, -0.2) is 16.8 Å². The van der Waals surface area contributed by atoms with E-state index in [1.165, 1.54) is 20.7 Å². The maximum Gasteiger partial charge on any atom is 0.255 e. The molecular weight excluding hydrogens is 426 g/mol. The summed E-state index contributed by atoms with van der Waals surface area (Å²) in [5.74, 6) is -0.342. The number of amides is 1. The number of carbonyl (C=O) groups is 1. The molecule has 10 heteroatoms. The van der Waals surface area contributed by atoms with Gasteiger partial charge in [0.25, 0.3) is 5.91 Å². The van der Waals surface area contributed by atoms with Crippen LogP contribution in [0, 0.1) is 0 Å². The molecule has 1 N–H and O–H groups in total. The highest BCUT2D eigenvalue weighted by atomic mass is 32.2. The first-order valence-electron chi connectivity index (χ1n) is 9.68. The molecule has 0 radical (unpaired) electrons. The van der Waals surface area contributed by atoms with E-state index in [9.17, 15) is 21.6 Å². The molecule has 4 rings (SSSR count). The number of rotatable bonds is 5. The lowest BCUT2D eigenvalue weighted by atomic mass is 10.1. The third-order valence-electron chi connectivity index (χ3n) is 5.41. The fourth-order valence-corrected chi connectivity index (χ4v) is 6.32. The molecule has 0 saturated carbocycles. The number of fused-ring (bicyclic) bond motifs is 1. The Morgan fingerprint density at radius 1 is 0.933 bits per heavy atom. The Morgan fingerprint density at radius 3 is 2.23 bits per heavy atom. The first kappa shape index (κ1) is 20.8. The van der Waals surface area contributed by atoms with Gasteiger partial charge in [0.1, 0.15) is 0 Å². The average Bonchev–Trinajstić information content (AvgIpc) is 3.37. The fourth-order valence-electron chi connectivity index (χ4n) is 3.85. The molecule has 0 aromatic heterocycles. The molecule has 0 unspecified atom stereocenters. The maximum atomic E-state index is 12.6. The van der Waals surface area contributed by atoms with Crippen LogP contribution in [0.1, 0.15) is 28.8 Å². The molecule has 30 heavy (non-hydrogen) atoms. The Morgan fingerprint density at radius 2 is 1.60 bits per heavy atom. The molecule has 2 heterocycles. The van der Waals surface area contributed by atoms with Crippen molar-refractivity contribution in [1.82, 2.24) is 4.31 Å². The van der Waals surface area contributed by atoms with E-state index in [2.05, 4.69) is 5.32 Å². The molecule has 1 fully saturated rings. The SMILES string of the molecule is CS(=O)(=O)N1CCc2cc(C(=O)Nc3ccc(S(=O)(=O)N4CCCC4)cc3)ccc21. The first-order chi connectivity index (χ1) is 14.2. The van der Waals surface area contributed by atoms with Gasteiger partial charge in [-0.1, -0.05) is 0 Å². The van der Waals surface area contributed by atoms with Crippen molar-refractivity contribution in [3.05, 3.63) is 53.6 Å².